The van der Waals surface area contributed by atoms with Gasteiger partial charge in [0.05, 0.1) is 18.3 Å². The highest BCUT2D eigenvalue weighted by molar-refractivity contribution is 5.80. The molecule has 25 heavy (non-hydrogen) atoms. The largest absolute Gasteiger partial charge is 0.493 e. The Labute approximate surface area is 147 Å². The van der Waals surface area contributed by atoms with E-state index in [4.69, 9.17) is 4.74 Å². The number of ether oxygens (including phenoxy) is 1. The lowest BCUT2D eigenvalue weighted by Gasteiger charge is -2.25. The lowest BCUT2D eigenvalue weighted by Crippen LogP contribution is -2.37. The highest BCUT2D eigenvalue weighted by atomic mass is 16.5. The molecule has 3 heterocycles. The molecule has 1 N–H and O–H groups in total. The van der Waals surface area contributed by atoms with Crippen LogP contribution in [0.1, 0.15) is 29.3 Å². The molecule has 132 valence electrons. The van der Waals surface area contributed by atoms with Crippen LogP contribution < -0.4 is 10.1 Å². The summed E-state index contributed by atoms with van der Waals surface area (Å²) in [6, 6.07) is 8.60. The van der Waals surface area contributed by atoms with Crippen molar-refractivity contribution in [3.05, 3.63) is 47.3 Å². The molecule has 0 aliphatic carbocycles. The third-order valence-corrected chi connectivity index (χ3v) is 5.32. The van der Waals surface area contributed by atoms with Crippen LogP contribution in [0.3, 0.4) is 0 Å². The monoisotopic (exact) mass is 340 g/mol. The van der Waals surface area contributed by atoms with Crippen molar-refractivity contribution in [3.8, 4) is 5.75 Å². The van der Waals surface area contributed by atoms with Crippen LogP contribution >= 0.6 is 0 Å². The van der Waals surface area contributed by atoms with E-state index in [1.165, 1.54) is 11.1 Å². The smallest absolute Gasteiger partial charge is 0.224 e. The zero-order valence-corrected chi connectivity index (χ0v) is 14.7. The zero-order chi connectivity index (χ0) is 17.4. The van der Waals surface area contributed by atoms with Crippen molar-refractivity contribution >= 4 is 5.91 Å². The quantitative estimate of drug-likeness (QED) is 0.895. The SMILES string of the molecule is CN1C(=O)C[C@@H](NCCc2ccc3c(c2)CCO3)[C@@H]1c1ccnn1C. The Bertz CT molecular complexity index is 785. The van der Waals surface area contributed by atoms with Crippen molar-refractivity contribution < 1.29 is 9.53 Å². The minimum Gasteiger partial charge on any atom is -0.493 e. The number of hydrogen-bond donors (Lipinski definition) is 1. The second-order valence-corrected chi connectivity index (χ2v) is 6.88. The van der Waals surface area contributed by atoms with Gasteiger partial charge < -0.3 is 15.0 Å². The summed E-state index contributed by atoms with van der Waals surface area (Å²) in [6.45, 7) is 1.64. The van der Waals surface area contributed by atoms with Crippen molar-refractivity contribution in [1.29, 1.82) is 0 Å². The molecule has 0 unspecified atom stereocenters. The molecule has 0 bridgehead atoms. The molecule has 1 aromatic heterocycles. The Morgan fingerprint density at radius 2 is 2.20 bits per heavy atom. The third-order valence-electron chi connectivity index (χ3n) is 5.32. The van der Waals surface area contributed by atoms with Gasteiger partial charge in [-0.05, 0) is 36.2 Å². The molecule has 0 radical (unpaired) electrons. The van der Waals surface area contributed by atoms with E-state index in [2.05, 4.69) is 28.6 Å². The van der Waals surface area contributed by atoms with Crippen LogP contribution in [0.4, 0.5) is 0 Å². The number of nitrogens with one attached hydrogen (secondary N) is 1. The maximum atomic E-state index is 12.2. The van der Waals surface area contributed by atoms with E-state index in [-0.39, 0.29) is 18.0 Å². The summed E-state index contributed by atoms with van der Waals surface area (Å²) in [6.07, 6.45) is 4.26. The van der Waals surface area contributed by atoms with Gasteiger partial charge in [-0.2, -0.15) is 5.10 Å². The van der Waals surface area contributed by atoms with Crippen LogP contribution in [0.2, 0.25) is 0 Å². The molecule has 4 rings (SSSR count). The first-order chi connectivity index (χ1) is 12.1. The van der Waals surface area contributed by atoms with E-state index in [1.807, 2.05) is 29.7 Å². The third kappa shape index (κ3) is 3.02. The van der Waals surface area contributed by atoms with E-state index >= 15 is 0 Å². The van der Waals surface area contributed by atoms with Crippen LogP contribution in [0.25, 0.3) is 0 Å². The van der Waals surface area contributed by atoms with Gasteiger partial charge in [0.1, 0.15) is 5.75 Å². The summed E-state index contributed by atoms with van der Waals surface area (Å²) >= 11 is 0. The van der Waals surface area contributed by atoms with Gasteiger partial charge >= 0.3 is 0 Å². The number of likely N-dealkylation sites (tertiary alicyclic amines) is 1. The fourth-order valence-corrected chi connectivity index (χ4v) is 3.93. The lowest BCUT2D eigenvalue weighted by atomic mass is 10.0. The Morgan fingerprint density at radius 3 is 3.00 bits per heavy atom. The minimum atomic E-state index is 0.0356. The maximum absolute atomic E-state index is 12.2. The fourth-order valence-electron chi connectivity index (χ4n) is 3.93. The first kappa shape index (κ1) is 16.1. The van der Waals surface area contributed by atoms with Crippen molar-refractivity contribution in [2.75, 3.05) is 20.2 Å². The van der Waals surface area contributed by atoms with Gasteiger partial charge in [-0.25, -0.2) is 0 Å². The van der Waals surface area contributed by atoms with Crippen molar-refractivity contribution in [1.82, 2.24) is 20.0 Å². The maximum Gasteiger partial charge on any atom is 0.224 e. The summed E-state index contributed by atoms with van der Waals surface area (Å²) in [5, 5.41) is 7.84. The highest BCUT2D eigenvalue weighted by Crippen LogP contribution is 2.31. The summed E-state index contributed by atoms with van der Waals surface area (Å²) in [7, 11) is 3.80. The predicted molar refractivity (Wildman–Crippen MR) is 94.5 cm³/mol. The molecule has 2 aromatic rings. The molecular weight excluding hydrogens is 316 g/mol. The van der Waals surface area contributed by atoms with Crippen molar-refractivity contribution in [3.63, 3.8) is 0 Å². The Balaban J connectivity index is 1.41. The van der Waals surface area contributed by atoms with Crippen LogP contribution in [0, 0.1) is 0 Å². The molecule has 1 aromatic carbocycles. The van der Waals surface area contributed by atoms with Gasteiger partial charge in [-0.3, -0.25) is 9.48 Å². The Morgan fingerprint density at radius 1 is 1.32 bits per heavy atom. The number of carbonyl (C=O) groups excluding carboxylic acids is 1. The topological polar surface area (TPSA) is 59.4 Å². The molecular formula is C19H24N4O2. The van der Waals surface area contributed by atoms with Crippen molar-refractivity contribution in [2.45, 2.75) is 31.3 Å². The number of nitrogens with zero attached hydrogens (tertiary/aromatic N) is 3. The number of fused-ring (bicyclic) bond motifs is 1. The molecule has 2 atom stereocenters. The molecule has 0 saturated carbocycles. The summed E-state index contributed by atoms with van der Waals surface area (Å²) in [4.78, 5) is 14.0. The van der Waals surface area contributed by atoms with E-state index in [0.717, 1.165) is 37.4 Å². The average Bonchev–Trinajstić information content (AvgIpc) is 3.28. The van der Waals surface area contributed by atoms with Crippen molar-refractivity contribution in [2.24, 2.45) is 7.05 Å². The summed E-state index contributed by atoms with van der Waals surface area (Å²) in [5.41, 5.74) is 3.69. The second kappa shape index (κ2) is 6.52. The second-order valence-electron chi connectivity index (χ2n) is 6.88. The van der Waals surface area contributed by atoms with Gasteiger partial charge in [-0.15, -0.1) is 0 Å². The van der Waals surface area contributed by atoms with Crippen LogP contribution in [0.15, 0.2) is 30.5 Å². The predicted octanol–water partition coefficient (Wildman–Crippen LogP) is 1.46. The Kier molecular flexibility index (Phi) is 4.21. The first-order valence-electron chi connectivity index (χ1n) is 8.85. The van der Waals surface area contributed by atoms with E-state index in [1.54, 1.807) is 6.20 Å². The molecule has 1 saturated heterocycles. The van der Waals surface area contributed by atoms with Gasteiger partial charge in [0.15, 0.2) is 0 Å². The number of carbonyl (C=O) groups is 1. The van der Waals surface area contributed by atoms with Gasteiger partial charge in [0, 0.05) is 39.2 Å². The van der Waals surface area contributed by atoms with Crippen LogP contribution in [-0.4, -0.2) is 46.8 Å². The molecule has 0 spiro atoms. The first-order valence-corrected chi connectivity index (χ1v) is 8.85. The van der Waals surface area contributed by atoms with E-state index in [9.17, 15) is 4.79 Å². The molecule has 6 nitrogen and oxygen atoms in total. The van der Waals surface area contributed by atoms with Crippen LogP contribution in [-0.2, 0) is 24.7 Å². The van der Waals surface area contributed by atoms with Gasteiger partial charge in [0.2, 0.25) is 5.91 Å². The van der Waals surface area contributed by atoms with Crippen LogP contribution in [0.5, 0.6) is 5.75 Å². The summed E-state index contributed by atoms with van der Waals surface area (Å²) in [5.74, 6) is 1.20. The standard InChI is InChI=1S/C19H24N4O2/c1-22-18(24)12-15(19(22)16-6-9-21-23(16)2)20-8-5-13-3-4-17-14(11-13)7-10-25-17/h3-4,6,9,11,15,19-20H,5,7-8,10,12H2,1-2H3/t15-,19-/m1/s1. The molecule has 2 aliphatic heterocycles. The van der Waals surface area contributed by atoms with E-state index < -0.39 is 0 Å². The zero-order valence-electron chi connectivity index (χ0n) is 14.7. The fraction of sp³-hybridized carbons (Fsp3) is 0.474. The Hall–Kier alpha value is -2.34. The number of likely N-dealkylation sites (N-methyl/N-ethyl adjacent to an activating group) is 1. The lowest BCUT2D eigenvalue weighted by molar-refractivity contribution is -0.127. The minimum absolute atomic E-state index is 0.0356. The van der Waals surface area contributed by atoms with E-state index in [0.29, 0.717) is 6.42 Å². The molecule has 1 amide bonds. The number of aromatic nitrogens is 2. The molecule has 6 heteroatoms. The normalized spacial score (nSPS) is 22.3. The number of hydrogen-bond acceptors (Lipinski definition) is 4. The molecule has 2 aliphatic rings. The average molecular weight is 340 g/mol. The molecule has 1 fully saturated rings. The number of rotatable bonds is 5. The highest BCUT2D eigenvalue weighted by Gasteiger charge is 2.39. The van der Waals surface area contributed by atoms with Gasteiger partial charge in [0.25, 0.3) is 0 Å². The van der Waals surface area contributed by atoms with Gasteiger partial charge in [-0.1, -0.05) is 12.1 Å². The number of aryl methyl sites for hydroxylation is 1. The summed E-state index contributed by atoms with van der Waals surface area (Å²) < 4.78 is 7.42. The number of amides is 1. The number of benzene rings is 1.